The second kappa shape index (κ2) is 5.85. The highest BCUT2D eigenvalue weighted by molar-refractivity contribution is 8.01. The minimum atomic E-state index is -0.348. The highest BCUT2D eigenvalue weighted by Gasteiger charge is 2.22. The van der Waals surface area contributed by atoms with E-state index in [-0.39, 0.29) is 22.4 Å². The first kappa shape index (κ1) is 12.3. The van der Waals surface area contributed by atoms with E-state index in [2.05, 4.69) is 9.47 Å². The van der Waals surface area contributed by atoms with Crippen molar-refractivity contribution in [2.75, 3.05) is 14.2 Å². The summed E-state index contributed by atoms with van der Waals surface area (Å²) in [6.07, 6.45) is 0. The van der Waals surface area contributed by atoms with Gasteiger partial charge in [-0.2, -0.15) is 0 Å². The van der Waals surface area contributed by atoms with Crippen molar-refractivity contribution >= 4 is 23.7 Å². The second-order valence-corrected chi connectivity index (χ2v) is 4.15. The van der Waals surface area contributed by atoms with E-state index >= 15 is 0 Å². The molecule has 76 valence electrons. The van der Waals surface area contributed by atoms with Crippen molar-refractivity contribution in [3.05, 3.63) is 0 Å². The molecule has 4 nitrogen and oxygen atoms in total. The van der Waals surface area contributed by atoms with Crippen molar-refractivity contribution in [3.8, 4) is 0 Å². The molecule has 0 aromatic rings. The Morgan fingerprint density at radius 1 is 1.00 bits per heavy atom. The number of carbonyl (C=O) groups is 2. The second-order valence-electron chi connectivity index (χ2n) is 2.47. The molecule has 5 heteroatoms. The normalized spacial score (nSPS) is 14.5. The van der Waals surface area contributed by atoms with Gasteiger partial charge in [-0.1, -0.05) is 0 Å². The van der Waals surface area contributed by atoms with Crippen LogP contribution in [0.4, 0.5) is 0 Å². The van der Waals surface area contributed by atoms with E-state index in [0.717, 1.165) is 0 Å². The number of ether oxygens (including phenoxy) is 2. The Morgan fingerprint density at radius 2 is 1.31 bits per heavy atom. The van der Waals surface area contributed by atoms with Gasteiger partial charge in [-0.15, -0.1) is 11.8 Å². The van der Waals surface area contributed by atoms with Gasteiger partial charge in [0.15, 0.2) is 0 Å². The molecule has 0 saturated heterocycles. The Hall–Kier alpha value is -0.710. The Bertz CT molecular complexity index is 173. The molecule has 0 aliphatic carbocycles. The lowest BCUT2D eigenvalue weighted by molar-refractivity contribution is -0.139. The van der Waals surface area contributed by atoms with Crippen LogP contribution in [0, 0.1) is 0 Å². The minimum Gasteiger partial charge on any atom is -0.468 e. The summed E-state index contributed by atoms with van der Waals surface area (Å²) in [4.78, 5) is 21.9. The van der Waals surface area contributed by atoms with Crippen molar-refractivity contribution in [1.29, 1.82) is 0 Å². The summed E-state index contributed by atoms with van der Waals surface area (Å²) in [7, 11) is 2.64. The molecule has 0 aromatic heterocycles. The van der Waals surface area contributed by atoms with Crippen LogP contribution >= 0.6 is 11.8 Å². The zero-order valence-electron chi connectivity index (χ0n) is 8.20. The zero-order chi connectivity index (χ0) is 10.4. The third-order valence-corrected chi connectivity index (χ3v) is 2.68. The topological polar surface area (TPSA) is 52.6 Å². The number of methoxy groups -OCH3 is 2. The van der Waals surface area contributed by atoms with Gasteiger partial charge in [0.05, 0.1) is 14.2 Å². The van der Waals surface area contributed by atoms with Gasteiger partial charge >= 0.3 is 11.9 Å². The maximum Gasteiger partial charge on any atom is 0.318 e. The number of carbonyl (C=O) groups excluding carboxylic acids is 2. The van der Waals surface area contributed by atoms with Crippen LogP contribution in [-0.4, -0.2) is 36.7 Å². The summed E-state index contributed by atoms with van der Waals surface area (Å²) in [5.41, 5.74) is 0. The van der Waals surface area contributed by atoms with E-state index in [0.29, 0.717) is 0 Å². The predicted molar refractivity (Wildman–Crippen MR) is 50.5 cm³/mol. The molecule has 0 heterocycles. The van der Waals surface area contributed by atoms with Crippen molar-refractivity contribution in [2.24, 2.45) is 0 Å². The average Bonchev–Trinajstić information content (AvgIpc) is 2.14. The van der Waals surface area contributed by atoms with Gasteiger partial charge in [0.1, 0.15) is 10.5 Å². The Kier molecular flexibility index (Phi) is 5.53. The van der Waals surface area contributed by atoms with Crippen LogP contribution in [0.25, 0.3) is 0 Å². The quantitative estimate of drug-likeness (QED) is 0.638. The molecule has 2 atom stereocenters. The lowest BCUT2D eigenvalue weighted by Crippen LogP contribution is -2.23. The van der Waals surface area contributed by atoms with Gasteiger partial charge in [-0.05, 0) is 13.8 Å². The predicted octanol–water partition coefficient (Wildman–Crippen LogP) is 0.843. The third kappa shape index (κ3) is 4.17. The maximum absolute atomic E-state index is 11.0. The molecule has 0 aliphatic rings. The molecule has 0 fully saturated rings. The number of thioether (sulfide) groups is 1. The molecule has 0 radical (unpaired) electrons. The van der Waals surface area contributed by atoms with Crippen molar-refractivity contribution in [1.82, 2.24) is 0 Å². The van der Waals surface area contributed by atoms with Crippen LogP contribution in [0.3, 0.4) is 0 Å². The van der Waals surface area contributed by atoms with E-state index in [1.54, 1.807) is 13.8 Å². The van der Waals surface area contributed by atoms with Gasteiger partial charge in [-0.3, -0.25) is 9.59 Å². The molecule has 0 N–H and O–H groups in total. The van der Waals surface area contributed by atoms with E-state index in [4.69, 9.17) is 0 Å². The largest absolute Gasteiger partial charge is 0.468 e. The first-order chi connectivity index (χ1) is 6.02. The SMILES string of the molecule is COC(=O)[C@H](C)S[C@@H](C)C(=O)OC. The Labute approximate surface area is 82.0 Å². The van der Waals surface area contributed by atoms with Crippen LogP contribution in [0.1, 0.15) is 13.8 Å². The summed E-state index contributed by atoms with van der Waals surface area (Å²) in [5.74, 6) is -0.665. The molecule has 0 bridgehead atoms. The number of hydrogen-bond acceptors (Lipinski definition) is 5. The summed E-state index contributed by atoms with van der Waals surface area (Å²) in [5, 5.41) is -0.696. The van der Waals surface area contributed by atoms with E-state index in [9.17, 15) is 9.59 Å². The maximum atomic E-state index is 11.0. The molecule has 0 aromatic carbocycles. The van der Waals surface area contributed by atoms with Gasteiger partial charge in [0.2, 0.25) is 0 Å². The number of rotatable bonds is 4. The Morgan fingerprint density at radius 3 is 1.54 bits per heavy atom. The molecule has 0 amide bonds. The average molecular weight is 206 g/mol. The Balaban J connectivity index is 3.98. The molecule has 13 heavy (non-hydrogen) atoms. The molecular formula is C8H14O4S. The fraction of sp³-hybridized carbons (Fsp3) is 0.750. The summed E-state index contributed by atoms with van der Waals surface area (Å²) in [6, 6.07) is 0. The van der Waals surface area contributed by atoms with Crippen molar-refractivity contribution < 1.29 is 19.1 Å². The standard InChI is InChI=1S/C8H14O4S/c1-5(7(9)11-3)13-6(2)8(10)12-4/h5-6H,1-4H3/t5-,6-/m0/s1. The number of hydrogen-bond donors (Lipinski definition) is 0. The lowest BCUT2D eigenvalue weighted by Gasteiger charge is -2.12. The molecule has 0 aliphatic heterocycles. The fourth-order valence-electron chi connectivity index (χ4n) is 0.749. The van der Waals surface area contributed by atoms with Gasteiger partial charge in [0, 0.05) is 0 Å². The molecule has 0 spiro atoms. The van der Waals surface area contributed by atoms with Gasteiger partial charge in [0.25, 0.3) is 0 Å². The van der Waals surface area contributed by atoms with Crippen LogP contribution in [-0.2, 0) is 19.1 Å². The first-order valence-electron chi connectivity index (χ1n) is 3.84. The summed E-state index contributed by atoms with van der Waals surface area (Å²) in [6.45, 7) is 3.38. The van der Waals surface area contributed by atoms with E-state index < -0.39 is 0 Å². The molecule has 0 saturated carbocycles. The summed E-state index contributed by atoms with van der Waals surface area (Å²) < 4.78 is 9.03. The van der Waals surface area contributed by atoms with Crippen LogP contribution in [0.5, 0.6) is 0 Å². The molecule has 0 rings (SSSR count). The zero-order valence-corrected chi connectivity index (χ0v) is 9.01. The first-order valence-corrected chi connectivity index (χ1v) is 4.78. The van der Waals surface area contributed by atoms with Crippen LogP contribution in [0.2, 0.25) is 0 Å². The van der Waals surface area contributed by atoms with Crippen LogP contribution in [0.15, 0.2) is 0 Å². The molecule has 0 unspecified atom stereocenters. The fourth-order valence-corrected chi connectivity index (χ4v) is 1.78. The van der Waals surface area contributed by atoms with Crippen molar-refractivity contribution in [3.63, 3.8) is 0 Å². The van der Waals surface area contributed by atoms with Crippen molar-refractivity contribution in [2.45, 2.75) is 24.3 Å². The minimum absolute atomic E-state index is 0.333. The van der Waals surface area contributed by atoms with Gasteiger partial charge in [-0.25, -0.2) is 0 Å². The summed E-state index contributed by atoms with van der Waals surface area (Å²) >= 11 is 1.22. The number of esters is 2. The third-order valence-electron chi connectivity index (χ3n) is 1.47. The van der Waals surface area contributed by atoms with Crippen LogP contribution < -0.4 is 0 Å². The monoisotopic (exact) mass is 206 g/mol. The van der Waals surface area contributed by atoms with Gasteiger partial charge < -0.3 is 9.47 Å². The van der Waals surface area contributed by atoms with E-state index in [1.165, 1.54) is 26.0 Å². The smallest absolute Gasteiger partial charge is 0.318 e. The lowest BCUT2D eigenvalue weighted by atomic mass is 10.5. The van der Waals surface area contributed by atoms with E-state index in [1.807, 2.05) is 0 Å². The highest BCUT2D eigenvalue weighted by Crippen LogP contribution is 2.19. The highest BCUT2D eigenvalue weighted by atomic mass is 32.2. The molecular weight excluding hydrogens is 192 g/mol.